The first-order valence-corrected chi connectivity index (χ1v) is 3.14. The van der Waals surface area contributed by atoms with Gasteiger partial charge < -0.3 is 10.4 Å². The molecule has 0 bridgehead atoms. The van der Waals surface area contributed by atoms with Crippen LogP contribution in [0.15, 0.2) is 29.4 Å². The van der Waals surface area contributed by atoms with Gasteiger partial charge in [-0.25, -0.2) is 0 Å². The van der Waals surface area contributed by atoms with Crippen LogP contribution in [-0.2, 0) is 0 Å². The second-order valence-electron chi connectivity index (χ2n) is 2.08. The molecule has 0 saturated carbocycles. The van der Waals surface area contributed by atoms with E-state index in [1.54, 1.807) is 0 Å². The van der Waals surface area contributed by atoms with Gasteiger partial charge >= 0.3 is 0 Å². The fourth-order valence-corrected chi connectivity index (χ4v) is 0.743. The predicted octanol–water partition coefficient (Wildman–Crippen LogP) is 1.51. The molecule has 0 N–H and O–H groups in total. The maximum absolute atomic E-state index is 10.2. The summed E-state index contributed by atoms with van der Waals surface area (Å²) in [6, 6.07) is 5.55. The van der Waals surface area contributed by atoms with Gasteiger partial charge in [0, 0.05) is 18.3 Å². The predicted molar refractivity (Wildman–Crippen MR) is 44.1 cm³/mol. The molecule has 0 amide bonds. The van der Waals surface area contributed by atoms with Gasteiger partial charge in [-0.05, 0) is 17.7 Å². The molecule has 1 aromatic carbocycles. The Morgan fingerprint density at radius 2 is 1.92 bits per heavy atom. The van der Waals surface area contributed by atoms with Gasteiger partial charge in [0.2, 0.25) is 0 Å². The highest BCUT2D eigenvalue weighted by atomic mass is 16.6. The third kappa shape index (κ3) is 1.79. The van der Waals surface area contributed by atoms with Crippen LogP contribution in [0, 0.1) is 15.3 Å². The summed E-state index contributed by atoms with van der Waals surface area (Å²) in [7, 11) is 0. The van der Waals surface area contributed by atoms with Crippen molar-refractivity contribution in [2.24, 2.45) is 5.16 Å². The fraction of sp³-hybridized carbons (Fsp3) is 0. The van der Waals surface area contributed by atoms with Crippen LogP contribution in [0.25, 0.3) is 0 Å². The summed E-state index contributed by atoms with van der Waals surface area (Å²) < 4.78 is 0. The van der Waals surface area contributed by atoms with E-state index in [1.807, 2.05) is 0 Å². The summed E-state index contributed by atoms with van der Waals surface area (Å²) in [5, 5.41) is 22.5. The number of benzene rings is 1. The van der Waals surface area contributed by atoms with Crippen LogP contribution in [0.2, 0.25) is 0 Å². The van der Waals surface area contributed by atoms with E-state index < -0.39 is 4.92 Å². The van der Waals surface area contributed by atoms with Crippen molar-refractivity contribution in [3.8, 4) is 0 Å². The van der Waals surface area contributed by atoms with Crippen molar-refractivity contribution in [3.05, 3.63) is 45.2 Å². The van der Waals surface area contributed by atoms with Crippen LogP contribution in [0.5, 0.6) is 0 Å². The first kappa shape index (κ1) is 8.19. The Morgan fingerprint density at radius 3 is 2.33 bits per heavy atom. The monoisotopic (exact) mass is 165 g/mol. The lowest BCUT2D eigenvalue weighted by Gasteiger charge is -1.93. The molecule has 5 heteroatoms. The minimum absolute atomic E-state index is 0.00181. The molecule has 0 aliphatic heterocycles. The highest BCUT2D eigenvalue weighted by Crippen LogP contribution is 2.10. The molecular formula is C7H5N2O3-. The Balaban J connectivity index is 2.93. The summed E-state index contributed by atoms with van der Waals surface area (Å²) in [6.45, 7) is 0. The van der Waals surface area contributed by atoms with Crippen molar-refractivity contribution in [1.29, 1.82) is 0 Å². The molecule has 5 nitrogen and oxygen atoms in total. The van der Waals surface area contributed by atoms with Crippen LogP contribution in [0.1, 0.15) is 5.56 Å². The van der Waals surface area contributed by atoms with Crippen LogP contribution in [0.4, 0.5) is 5.69 Å². The molecule has 0 aromatic heterocycles. The van der Waals surface area contributed by atoms with Gasteiger partial charge in [0.1, 0.15) is 0 Å². The number of nitro benzene ring substituents is 1. The molecule has 0 radical (unpaired) electrons. The van der Waals surface area contributed by atoms with Crippen molar-refractivity contribution < 1.29 is 4.92 Å². The van der Waals surface area contributed by atoms with E-state index >= 15 is 0 Å². The quantitative estimate of drug-likeness (QED) is 0.378. The maximum atomic E-state index is 10.2. The van der Waals surface area contributed by atoms with Gasteiger partial charge in [-0.3, -0.25) is 10.1 Å². The van der Waals surface area contributed by atoms with Crippen molar-refractivity contribution in [3.63, 3.8) is 0 Å². The SMILES string of the molecule is O=[N+]([O-])c1ccc(/C=N/[O-])cc1. The lowest BCUT2D eigenvalue weighted by atomic mass is 10.2. The molecule has 1 rings (SSSR count). The third-order valence-corrected chi connectivity index (χ3v) is 1.31. The zero-order chi connectivity index (χ0) is 8.97. The van der Waals surface area contributed by atoms with Gasteiger partial charge in [0.15, 0.2) is 0 Å². The van der Waals surface area contributed by atoms with Crippen LogP contribution in [0.3, 0.4) is 0 Å². The van der Waals surface area contributed by atoms with Gasteiger partial charge in [-0.15, -0.1) is 0 Å². The number of non-ortho nitro benzene ring substituents is 1. The lowest BCUT2D eigenvalue weighted by molar-refractivity contribution is -0.384. The molecule has 0 saturated heterocycles. The Bertz CT molecular complexity index is 305. The number of rotatable bonds is 2. The molecule has 0 aliphatic carbocycles. The smallest absolute Gasteiger partial charge is 0.269 e. The molecule has 0 fully saturated rings. The molecule has 0 atom stereocenters. The Kier molecular flexibility index (Phi) is 2.37. The van der Waals surface area contributed by atoms with Crippen molar-refractivity contribution in [2.45, 2.75) is 0 Å². The van der Waals surface area contributed by atoms with E-state index in [4.69, 9.17) is 0 Å². The second-order valence-corrected chi connectivity index (χ2v) is 2.08. The first-order valence-electron chi connectivity index (χ1n) is 3.14. The van der Waals surface area contributed by atoms with Crippen LogP contribution < -0.4 is 0 Å². The summed E-state index contributed by atoms with van der Waals surface area (Å²) in [5.41, 5.74) is 0.550. The van der Waals surface area contributed by atoms with Crippen LogP contribution >= 0.6 is 0 Å². The molecule has 12 heavy (non-hydrogen) atoms. The fourth-order valence-electron chi connectivity index (χ4n) is 0.743. The largest absolute Gasteiger partial charge is 0.792 e. The van der Waals surface area contributed by atoms with E-state index in [2.05, 4.69) is 5.16 Å². The summed E-state index contributed by atoms with van der Waals surface area (Å²) in [5.74, 6) is 0. The number of hydrogen-bond acceptors (Lipinski definition) is 4. The Labute approximate surface area is 68.1 Å². The topological polar surface area (TPSA) is 78.6 Å². The van der Waals surface area contributed by atoms with E-state index in [0.29, 0.717) is 5.56 Å². The standard InChI is InChI=1S/C7H6N2O3/c10-8-5-6-1-3-7(4-2-6)9(11)12/h1-5,10H/p-1/b8-5+. The molecule has 0 aliphatic rings. The van der Waals surface area contributed by atoms with E-state index in [1.165, 1.54) is 24.3 Å². The van der Waals surface area contributed by atoms with E-state index in [0.717, 1.165) is 6.21 Å². The van der Waals surface area contributed by atoms with Gasteiger partial charge in [-0.2, -0.15) is 0 Å². The van der Waals surface area contributed by atoms with Gasteiger partial charge in [0.25, 0.3) is 5.69 Å². The zero-order valence-corrected chi connectivity index (χ0v) is 6.01. The Hall–Kier alpha value is -1.91. The second kappa shape index (κ2) is 3.47. The minimum Gasteiger partial charge on any atom is -0.792 e. The number of nitrogens with zero attached hydrogens (tertiary/aromatic N) is 2. The number of nitro groups is 1. The van der Waals surface area contributed by atoms with E-state index in [9.17, 15) is 15.3 Å². The van der Waals surface area contributed by atoms with Gasteiger partial charge in [-0.1, -0.05) is 0 Å². The van der Waals surface area contributed by atoms with Crippen LogP contribution in [-0.4, -0.2) is 11.1 Å². The average molecular weight is 165 g/mol. The van der Waals surface area contributed by atoms with Crippen molar-refractivity contribution in [2.75, 3.05) is 0 Å². The van der Waals surface area contributed by atoms with Crippen molar-refractivity contribution in [1.82, 2.24) is 0 Å². The minimum atomic E-state index is -0.502. The Morgan fingerprint density at radius 1 is 1.33 bits per heavy atom. The summed E-state index contributed by atoms with van der Waals surface area (Å²) in [6.07, 6.45) is 1.09. The first-order chi connectivity index (χ1) is 5.74. The molecule has 0 spiro atoms. The highest BCUT2D eigenvalue weighted by molar-refractivity contribution is 5.80. The maximum Gasteiger partial charge on any atom is 0.269 e. The van der Waals surface area contributed by atoms with Crippen molar-refractivity contribution >= 4 is 11.9 Å². The number of hydrogen-bond donors (Lipinski definition) is 0. The normalized spacial score (nSPS) is 10.3. The summed E-state index contributed by atoms with van der Waals surface area (Å²) >= 11 is 0. The summed E-state index contributed by atoms with van der Waals surface area (Å²) in [4.78, 5) is 9.68. The molecule has 0 unspecified atom stereocenters. The van der Waals surface area contributed by atoms with Gasteiger partial charge in [0.05, 0.1) is 4.92 Å². The zero-order valence-electron chi connectivity index (χ0n) is 6.01. The average Bonchev–Trinajstić information content (AvgIpc) is 2.06. The van der Waals surface area contributed by atoms with E-state index in [-0.39, 0.29) is 5.69 Å². The molecular weight excluding hydrogens is 160 g/mol. The highest BCUT2D eigenvalue weighted by Gasteiger charge is 2.01. The molecule has 1 aromatic rings. The molecule has 62 valence electrons. The third-order valence-electron chi connectivity index (χ3n) is 1.31. The lowest BCUT2D eigenvalue weighted by Crippen LogP contribution is -1.87. The molecule has 0 heterocycles.